The minimum Gasteiger partial charge on any atom is -0.496 e. The molecule has 5 heteroatoms. The summed E-state index contributed by atoms with van der Waals surface area (Å²) in [5, 5.41) is 0. The number of methoxy groups -OCH3 is 2. The molecule has 0 N–H and O–H groups in total. The van der Waals surface area contributed by atoms with E-state index in [1.165, 1.54) is 18.4 Å². The number of rotatable bonds is 6. The monoisotopic (exact) mass is 408 g/mol. The Labute approximate surface area is 179 Å². The Balaban J connectivity index is 1.96. The molecule has 0 radical (unpaired) electrons. The van der Waals surface area contributed by atoms with Gasteiger partial charge in [0.2, 0.25) is 0 Å². The molecule has 0 aromatic heterocycles. The smallest absolute Gasteiger partial charge is 0.337 e. The minimum absolute atomic E-state index is 0.116. The number of hydrogen-bond acceptors (Lipinski definition) is 5. The molecule has 1 aliphatic heterocycles. The zero-order valence-electron chi connectivity index (χ0n) is 18.9. The van der Waals surface area contributed by atoms with E-state index in [4.69, 9.17) is 9.47 Å². The van der Waals surface area contributed by atoms with Crippen LogP contribution in [0.5, 0.6) is 5.75 Å². The van der Waals surface area contributed by atoms with Crippen molar-refractivity contribution in [2.24, 2.45) is 4.99 Å². The number of anilines is 1. The van der Waals surface area contributed by atoms with Crippen molar-refractivity contribution in [3.63, 3.8) is 0 Å². The predicted octanol–water partition coefficient (Wildman–Crippen LogP) is 5.73. The van der Waals surface area contributed by atoms with Gasteiger partial charge in [0.05, 0.1) is 25.5 Å². The summed E-state index contributed by atoms with van der Waals surface area (Å²) in [5.74, 6) is 0.922. The Hall–Kier alpha value is -2.82. The summed E-state index contributed by atoms with van der Waals surface area (Å²) in [4.78, 5) is 18.7. The van der Waals surface area contributed by atoms with Crippen molar-refractivity contribution in [1.29, 1.82) is 0 Å². The van der Waals surface area contributed by atoms with Crippen molar-refractivity contribution >= 4 is 23.6 Å². The molecule has 2 aromatic carbocycles. The molecule has 5 nitrogen and oxygen atoms in total. The molecule has 0 spiro atoms. The fourth-order valence-corrected chi connectivity index (χ4v) is 4.40. The van der Waals surface area contributed by atoms with E-state index in [-0.39, 0.29) is 11.5 Å². The molecule has 2 aromatic rings. The van der Waals surface area contributed by atoms with Gasteiger partial charge in [0.15, 0.2) is 0 Å². The van der Waals surface area contributed by atoms with Crippen molar-refractivity contribution in [1.82, 2.24) is 0 Å². The molecule has 30 heavy (non-hydrogen) atoms. The molecule has 0 bridgehead atoms. The van der Waals surface area contributed by atoms with E-state index in [0.717, 1.165) is 36.4 Å². The summed E-state index contributed by atoms with van der Waals surface area (Å²) >= 11 is 0. The van der Waals surface area contributed by atoms with Crippen LogP contribution in [0.3, 0.4) is 0 Å². The highest BCUT2D eigenvalue weighted by Crippen LogP contribution is 2.45. The van der Waals surface area contributed by atoms with Gasteiger partial charge in [-0.05, 0) is 68.5 Å². The SMILES string of the molecule is CCCN1c2cc(OC)c(C=Nc3ccc(C(=O)OC)cc3)cc2C(C)CC1(C)C. The Bertz CT molecular complexity index is 932. The van der Waals surface area contributed by atoms with Crippen molar-refractivity contribution in [2.75, 3.05) is 25.7 Å². The van der Waals surface area contributed by atoms with E-state index in [2.05, 4.69) is 49.7 Å². The van der Waals surface area contributed by atoms with Crippen molar-refractivity contribution in [3.05, 3.63) is 53.1 Å². The first-order valence-electron chi connectivity index (χ1n) is 10.5. The van der Waals surface area contributed by atoms with E-state index >= 15 is 0 Å². The van der Waals surface area contributed by atoms with Crippen LogP contribution in [0.25, 0.3) is 0 Å². The zero-order chi connectivity index (χ0) is 21.9. The quantitative estimate of drug-likeness (QED) is 0.452. The Kier molecular flexibility index (Phi) is 6.49. The molecule has 1 heterocycles. The number of hydrogen-bond donors (Lipinski definition) is 0. The van der Waals surface area contributed by atoms with Crippen molar-refractivity contribution < 1.29 is 14.3 Å². The number of benzene rings is 2. The van der Waals surface area contributed by atoms with Gasteiger partial charge in [-0.3, -0.25) is 4.99 Å². The van der Waals surface area contributed by atoms with Crippen LogP contribution in [0.15, 0.2) is 41.4 Å². The number of nitrogens with zero attached hydrogens (tertiary/aromatic N) is 2. The first-order valence-corrected chi connectivity index (χ1v) is 10.5. The van der Waals surface area contributed by atoms with E-state index < -0.39 is 0 Å². The van der Waals surface area contributed by atoms with Crippen molar-refractivity contribution in [3.8, 4) is 5.75 Å². The van der Waals surface area contributed by atoms with Crippen LogP contribution in [0.4, 0.5) is 11.4 Å². The van der Waals surface area contributed by atoms with E-state index in [1.807, 2.05) is 18.3 Å². The van der Waals surface area contributed by atoms with Crippen LogP contribution in [-0.2, 0) is 4.74 Å². The molecule has 0 fully saturated rings. The van der Waals surface area contributed by atoms with Gasteiger partial charge in [-0.25, -0.2) is 4.79 Å². The molecule has 1 atom stereocenters. The third kappa shape index (κ3) is 4.35. The molecule has 0 aliphatic carbocycles. The number of ether oxygens (including phenoxy) is 2. The molecule has 0 saturated carbocycles. The molecular formula is C25H32N2O3. The van der Waals surface area contributed by atoms with Crippen molar-refractivity contribution in [2.45, 2.75) is 52.0 Å². The van der Waals surface area contributed by atoms with Gasteiger partial charge in [0.1, 0.15) is 5.75 Å². The summed E-state index contributed by atoms with van der Waals surface area (Å²) in [5.41, 5.74) is 4.95. The fraction of sp³-hybridized carbons (Fsp3) is 0.440. The maximum Gasteiger partial charge on any atom is 0.337 e. The lowest BCUT2D eigenvalue weighted by Gasteiger charge is -2.47. The number of fused-ring (bicyclic) bond motifs is 1. The first-order chi connectivity index (χ1) is 14.3. The van der Waals surface area contributed by atoms with Crippen LogP contribution in [0.1, 0.15) is 67.9 Å². The minimum atomic E-state index is -0.351. The number of esters is 1. The van der Waals surface area contributed by atoms with Crippen LogP contribution < -0.4 is 9.64 Å². The highest BCUT2D eigenvalue weighted by Gasteiger charge is 2.36. The summed E-state index contributed by atoms with van der Waals surface area (Å²) in [6.45, 7) is 10.2. The van der Waals surface area contributed by atoms with Crippen LogP contribution >= 0.6 is 0 Å². The Morgan fingerprint density at radius 2 is 1.93 bits per heavy atom. The lowest BCUT2D eigenvalue weighted by atomic mass is 9.79. The highest BCUT2D eigenvalue weighted by molar-refractivity contribution is 5.90. The average Bonchev–Trinajstić information content (AvgIpc) is 2.74. The maximum absolute atomic E-state index is 11.6. The predicted molar refractivity (Wildman–Crippen MR) is 123 cm³/mol. The normalized spacial score (nSPS) is 17.7. The van der Waals surface area contributed by atoms with Gasteiger partial charge in [-0.15, -0.1) is 0 Å². The molecular weight excluding hydrogens is 376 g/mol. The van der Waals surface area contributed by atoms with Gasteiger partial charge >= 0.3 is 5.97 Å². The van der Waals surface area contributed by atoms with E-state index in [0.29, 0.717) is 11.5 Å². The molecule has 1 unspecified atom stereocenters. The van der Waals surface area contributed by atoms with Gasteiger partial charge in [-0.2, -0.15) is 0 Å². The van der Waals surface area contributed by atoms with Gasteiger partial charge in [0, 0.05) is 35.6 Å². The largest absolute Gasteiger partial charge is 0.496 e. The summed E-state index contributed by atoms with van der Waals surface area (Å²) < 4.78 is 10.5. The molecule has 1 aliphatic rings. The van der Waals surface area contributed by atoms with Gasteiger partial charge in [0.25, 0.3) is 0 Å². The number of aliphatic imine (C=N–C) groups is 1. The molecule has 3 rings (SSSR count). The van der Waals surface area contributed by atoms with E-state index in [9.17, 15) is 4.79 Å². The Morgan fingerprint density at radius 3 is 2.53 bits per heavy atom. The van der Waals surface area contributed by atoms with Gasteiger partial charge < -0.3 is 14.4 Å². The fourth-order valence-electron chi connectivity index (χ4n) is 4.40. The summed E-state index contributed by atoms with van der Waals surface area (Å²) in [7, 11) is 3.08. The molecule has 0 amide bonds. The van der Waals surface area contributed by atoms with Crippen LogP contribution in [0.2, 0.25) is 0 Å². The highest BCUT2D eigenvalue weighted by atomic mass is 16.5. The van der Waals surface area contributed by atoms with Crippen LogP contribution in [-0.4, -0.2) is 38.5 Å². The summed E-state index contributed by atoms with van der Waals surface area (Å²) in [6, 6.07) is 11.4. The lowest BCUT2D eigenvalue weighted by Crippen LogP contribution is -2.48. The summed E-state index contributed by atoms with van der Waals surface area (Å²) in [6.07, 6.45) is 4.05. The molecule has 160 valence electrons. The average molecular weight is 409 g/mol. The lowest BCUT2D eigenvalue weighted by molar-refractivity contribution is 0.0601. The van der Waals surface area contributed by atoms with Crippen LogP contribution in [0, 0.1) is 0 Å². The number of carbonyl (C=O) groups is 1. The second-order valence-electron chi connectivity index (χ2n) is 8.52. The number of carbonyl (C=O) groups excluding carboxylic acids is 1. The zero-order valence-corrected chi connectivity index (χ0v) is 18.9. The topological polar surface area (TPSA) is 51.1 Å². The van der Waals surface area contributed by atoms with E-state index in [1.54, 1.807) is 19.2 Å². The first kappa shape index (κ1) is 21.9. The third-order valence-corrected chi connectivity index (χ3v) is 5.83. The molecule has 0 saturated heterocycles. The van der Waals surface area contributed by atoms with Gasteiger partial charge in [-0.1, -0.05) is 13.8 Å². The standard InChI is InChI=1S/C25H32N2O3/c1-7-12-27-22-14-23(29-5)19(13-21(22)17(2)15-25(27,3)4)16-26-20-10-8-18(9-11-20)24(28)30-6/h8-11,13-14,16-17H,7,12,15H2,1-6H3. The maximum atomic E-state index is 11.6. The third-order valence-electron chi connectivity index (χ3n) is 5.83. The Morgan fingerprint density at radius 1 is 1.23 bits per heavy atom. The second-order valence-corrected chi connectivity index (χ2v) is 8.52. The second kappa shape index (κ2) is 8.90.